The molecular weight excluding hydrogens is 486 g/mol. The number of aromatic nitrogens is 1. The number of hydrogen-bond acceptors (Lipinski definition) is 8. The first-order valence-corrected chi connectivity index (χ1v) is 12.2. The Morgan fingerprint density at radius 1 is 1.17 bits per heavy atom. The zero-order valence-electron chi connectivity index (χ0n) is 18.8. The molecule has 176 valence electrons. The molecule has 0 spiro atoms. The van der Waals surface area contributed by atoms with Crippen LogP contribution >= 0.6 is 23.1 Å². The summed E-state index contributed by atoms with van der Waals surface area (Å²) in [6, 6.07) is 13.6. The van der Waals surface area contributed by atoms with Gasteiger partial charge in [-0.1, -0.05) is 36.0 Å². The molecule has 2 aromatic carbocycles. The maximum Gasteiger partial charge on any atom is 0.283 e. The quantitative estimate of drug-likeness (QED) is 0.307. The molecule has 0 saturated carbocycles. The van der Waals surface area contributed by atoms with Gasteiger partial charge in [0, 0.05) is 30.6 Å². The number of thiazole rings is 1. The van der Waals surface area contributed by atoms with Gasteiger partial charge in [-0.15, -0.1) is 17.9 Å². The number of non-ortho nitro benzene ring substituents is 1. The van der Waals surface area contributed by atoms with Gasteiger partial charge in [0.05, 0.1) is 27.6 Å². The second kappa shape index (κ2) is 8.67. The molecule has 0 radical (unpaired) electrons. The van der Waals surface area contributed by atoms with Gasteiger partial charge in [0.2, 0.25) is 0 Å². The van der Waals surface area contributed by atoms with E-state index in [2.05, 4.69) is 11.7 Å². The summed E-state index contributed by atoms with van der Waals surface area (Å²) in [6.45, 7) is 5.68. The number of amides is 1. The molecule has 2 aliphatic rings. The van der Waals surface area contributed by atoms with Gasteiger partial charge in [-0.2, -0.15) is 10.1 Å². The fourth-order valence-electron chi connectivity index (χ4n) is 3.99. The van der Waals surface area contributed by atoms with Gasteiger partial charge >= 0.3 is 0 Å². The lowest BCUT2D eigenvalue weighted by atomic mass is 10.2. The lowest BCUT2D eigenvalue weighted by Crippen LogP contribution is -2.35. The van der Waals surface area contributed by atoms with E-state index in [1.807, 2.05) is 36.2 Å². The maximum absolute atomic E-state index is 13.5. The van der Waals surface area contributed by atoms with E-state index < -0.39 is 10.8 Å². The lowest BCUT2D eigenvalue weighted by Gasteiger charge is -2.11. The Balaban J connectivity index is 1.71. The summed E-state index contributed by atoms with van der Waals surface area (Å²) in [4.78, 5) is 40.7. The highest BCUT2D eigenvalue weighted by Crippen LogP contribution is 2.44. The van der Waals surface area contributed by atoms with Crippen LogP contribution < -0.4 is 24.7 Å². The van der Waals surface area contributed by atoms with Crippen LogP contribution in [0.4, 0.5) is 17.1 Å². The molecule has 0 fully saturated rings. The third-order valence-corrected chi connectivity index (χ3v) is 8.20. The standard InChI is InChI=1S/C24H19N5O4S2/c1-4-12-27-22(31)20(24-26(3)17-10-5-6-11-18(17)34-24)35-23(27)19-14(2)25-28(21(19)30)15-8-7-9-16(13-15)29(32)33/h4-11,13H,1,12H2,2-3H3/b23-19+,24-20-. The number of carbonyl (C=O) groups is 1. The molecule has 0 aliphatic carbocycles. The van der Waals surface area contributed by atoms with Crippen molar-refractivity contribution in [2.24, 2.45) is 5.10 Å². The van der Waals surface area contributed by atoms with Crippen LogP contribution in [0.1, 0.15) is 6.92 Å². The Hall–Kier alpha value is -3.96. The monoisotopic (exact) mass is 505 g/mol. The molecule has 3 aromatic rings. The number of allylic oxidation sites excluding steroid dienone is 1. The van der Waals surface area contributed by atoms with E-state index in [0.717, 1.165) is 20.6 Å². The lowest BCUT2D eigenvalue weighted by molar-refractivity contribution is -0.384. The highest BCUT2D eigenvalue weighted by molar-refractivity contribution is 8.08. The Morgan fingerprint density at radius 3 is 2.66 bits per heavy atom. The predicted molar refractivity (Wildman–Crippen MR) is 139 cm³/mol. The molecule has 9 nitrogen and oxygen atoms in total. The van der Waals surface area contributed by atoms with Crippen LogP contribution in [-0.4, -0.2) is 28.2 Å². The molecule has 3 heterocycles. The molecule has 1 aromatic heterocycles. The molecule has 0 N–H and O–H groups in total. The van der Waals surface area contributed by atoms with Gasteiger partial charge in [0.15, 0.2) is 0 Å². The minimum Gasteiger partial charge on any atom is -0.337 e. The van der Waals surface area contributed by atoms with E-state index in [-0.39, 0.29) is 29.1 Å². The molecule has 0 saturated heterocycles. The Labute approximate surface area is 207 Å². The number of carbonyl (C=O) groups excluding carboxylic acids is 1. The first-order chi connectivity index (χ1) is 16.8. The molecule has 1 amide bonds. The fourth-order valence-corrected chi connectivity index (χ4v) is 6.54. The van der Waals surface area contributed by atoms with Crippen LogP contribution in [0.5, 0.6) is 0 Å². The number of para-hydroxylation sites is 1. The van der Waals surface area contributed by atoms with Crippen molar-refractivity contribution in [3.63, 3.8) is 0 Å². The van der Waals surface area contributed by atoms with E-state index >= 15 is 0 Å². The number of benzene rings is 2. The van der Waals surface area contributed by atoms with E-state index in [0.29, 0.717) is 14.9 Å². The smallest absolute Gasteiger partial charge is 0.283 e. The first kappa shape index (κ1) is 22.8. The summed E-state index contributed by atoms with van der Waals surface area (Å²) in [5.74, 6) is -0.450. The average Bonchev–Trinajstić information content (AvgIpc) is 3.45. The number of hydrazone groups is 1. The molecule has 35 heavy (non-hydrogen) atoms. The van der Waals surface area contributed by atoms with Gasteiger partial charge in [-0.05, 0) is 25.1 Å². The second-order valence-electron chi connectivity index (χ2n) is 7.83. The molecule has 2 aliphatic heterocycles. The fraction of sp³-hybridized carbons (Fsp3) is 0.125. The van der Waals surface area contributed by atoms with E-state index in [1.165, 1.54) is 45.9 Å². The predicted octanol–water partition coefficient (Wildman–Crippen LogP) is 2.89. The first-order valence-electron chi connectivity index (χ1n) is 10.6. The Bertz CT molecular complexity index is 1640. The van der Waals surface area contributed by atoms with Crippen molar-refractivity contribution < 1.29 is 9.72 Å². The van der Waals surface area contributed by atoms with Gasteiger partial charge < -0.3 is 4.90 Å². The second-order valence-corrected chi connectivity index (χ2v) is 9.86. The summed E-state index contributed by atoms with van der Waals surface area (Å²) in [7, 11) is 1.91. The molecule has 11 heteroatoms. The van der Waals surface area contributed by atoms with Crippen LogP contribution in [0.3, 0.4) is 0 Å². The van der Waals surface area contributed by atoms with Gasteiger partial charge in [0.1, 0.15) is 14.2 Å². The number of nitrogens with zero attached hydrogens (tertiary/aromatic N) is 5. The molecule has 5 rings (SSSR count). The number of nitro benzene ring substituents is 1. The highest BCUT2D eigenvalue weighted by Gasteiger charge is 2.32. The van der Waals surface area contributed by atoms with Crippen molar-refractivity contribution >= 4 is 62.4 Å². The van der Waals surface area contributed by atoms with Crippen molar-refractivity contribution in [1.29, 1.82) is 0 Å². The molecular formula is C24H19N5O4S2. The zero-order valence-corrected chi connectivity index (χ0v) is 20.4. The zero-order chi connectivity index (χ0) is 24.9. The third kappa shape index (κ3) is 3.69. The number of nitro groups is 1. The normalized spacial score (nSPS) is 18.1. The summed E-state index contributed by atoms with van der Waals surface area (Å²) in [6.07, 6.45) is 1.61. The van der Waals surface area contributed by atoms with Crippen molar-refractivity contribution in [3.8, 4) is 0 Å². The number of anilines is 2. The van der Waals surface area contributed by atoms with Gasteiger partial charge in [-0.25, -0.2) is 0 Å². The van der Waals surface area contributed by atoms with Crippen molar-refractivity contribution in [2.75, 3.05) is 17.0 Å². The Morgan fingerprint density at radius 2 is 1.94 bits per heavy atom. The Kier molecular flexibility index (Phi) is 5.65. The van der Waals surface area contributed by atoms with Crippen LogP contribution in [0.25, 0.3) is 10.6 Å². The molecule has 0 bridgehead atoms. The number of fused-ring (bicyclic) bond motifs is 1. The van der Waals surface area contributed by atoms with Crippen LogP contribution in [0.2, 0.25) is 0 Å². The topological polar surface area (TPSA) is 101 Å². The van der Waals surface area contributed by atoms with Crippen molar-refractivity contribution in [3.05, 3.63) is 90.8 Å². The highest BCUT2D eigenvalue weighted by atomic mass is 32.2. The average molecular weight is 506 g/mol. The SMILES string of the molecule is C=CCn1c(=O)/c(=C2/Sc3ccccc3N2C)s/c1=C1/C(=O)N(c2cccc([N+](=O)[O-])c2)N=C1C. The summed E-state index contributed by atoms with van der Waals surface area (Å²) >= 11 is 2.75. The molecule has 0 atom stereocenters. The minimum absolute atomic E-state index is 0.143. The number of rotatable bonds is 4. The van der Waals surface area contributed by atoms with E-state index in [9.17, 15) is 19.7 Å². The van der Waals surface area contributed by atoms with Gasteiger partial charge in [-0.3, -0.25) is 24.3 Å². The van der Waals surface area contributed by atoms with Crippen LogP contribution in [-0.2, 0) is 11.3 Å². The van der Waals surface area contributed by atoms with Crippen LogP contribution in [0.15, 0.2) is 76.0 Å². The largest absolute Gasteiger partial charge is 0.337 e. The van der Waals surface area contributed by atoms with E-state index in [4.69, 9.17) is 0 Å². The number of hydrogen-bond donors (Lipinski definition) is 0. The van der Waals surface area contributed by atoms with Gasteiger partial charge in [0.25, 0.3) is 17.2 Å². The molecule has 0 unspecified atom stereocenters. The van der Waals surface area contributed by atoms with E-state index in [1.54, 1.807) is 19.1 Å². The maximum atomic E-state index is 13.5. The van der Waals surface area contributed by atoms with Crippen molar-refractivity contribution in [2.45, 2.75) is 18.4 Å². The summed E-state index contributed by atoms with van der Waals surface area (Å²) in [5, 5.41) is 17.5. The third-order valence-electron chi connectivity index (χ3n) is 5.64. The van der Waals surface area contributed by atoms with Crippen LogP contribution in [0, 0.1) is 10.1 Å². The summed E-state index contributed by atoms with van der Waals surface area (Å²) < 4.78 is 2.52. The summed E-state index contributed by atoms with van der Waals surface area (Å²) in [5.41, 5.74) is 1.65. The van der Waals surface area contributed by atoms with Crippen molar-refractivity contribution in [1.82, 2.24) is 4.57 Å². The number of thioether (sulfide) groups is 1. The minimum atomic E-state index is -0.524.